The SMILES string of the molecule is Cc1ccc(C(=O)CN2C(=O)SC(=Cc3cc4c(cc3Br)OCO4)C2=O)cc1. The highest BCUT2D eigenvalue weighted by atomic mass is 79.9. The Hall–Kier alpha value is -2.58. The lowest BCUT2D eigenvalue weighted by molar-refractivity contribution is -0.122. The van der Waals surface area contributed by atoms with Gasteiger partial charge in [-0.1, -0.05) is 45.8 Å². The van der Waals surface area contributed by atoms with Crippen molar-refractivity contribution >= 4 is 50.7 Å². The van der Waals surface area contributed by atoms with Crippen LogP contribution in [-0.2, 0) is 4.79 Å². The zero-order valence-corrected chi connectivity index (χ0v) is 17.1. The summed E-state index contributed by atoms with van der Waals surface area (Å²) < 4.78 is 11.4. The minimum Gasteiger partial charge on any atom is -0.454 e. The van der Waals surface area contributed by atoms with E-state index in [1.807, 2.05) is 19.1 Å². The Labute approximate surface area is 173 Å². The Bertz CT molecular complexity index is 1030. The largest absolute Gasteiger partial charge is 0.454 e. The van der Waals surface area contributed by atoms with Crippen molar-refractivity contribution in [3.63, 3.8) is 0 Å². The number of hydrogen-bond donors (Lipinski definition) is 0. The number of rotatable bonds is 4. The van der Waals surface area contributed by atoms with Gasteiger partial charge in [-0.05, 0) is 42.5 Å². The number of hydrogen-bond acceptors (Lipinski definition) is 6. The highest BCUT2D eigenvalue weighted by Gasteiger charge is 2.36. The van der Waals surface area contributed by atoms with E-state index in [2.05, 4.69) is 15.9 Å². The van der Waals surface area contributed by atoms with Crippen molar-refractivity contribution in [2.45, 2.75) is 6.92 Å². The van der Waals surface area contributed by atoms with Gasteiger partial charge in [0.25, 0.3) is 11.1 Å². The van der Waals surface area contributed by atoms with E-state index in [0.717, 1.165) is 22.2 Å². The number of ether oxygens (including phenoxy) is 2. The van der Waals surface area contributed by atoms with Crippen molar-refractivity contribution in [2.75, 3.05) is 13.3 Å². The molecule has 28 heavy (non-hydrogen) atoms. The van der Waals surface area contributed by atoms with Gasteiger partial charge in [-0.2, -0.15) is 0 Å². The van der Waals surface area contributed by atoms with Crippen molar-refractivity contribution in [3.8, 4) is 11.5 Å². The Morgan fingerprint density at radius 2 is 1.86 bits per heavy atom. The predicted molar refractivity (Wildman–Crippen MR) is 108 cm³/mol. The first-order chi connectivity index (χ1) is 13.4. The second-order valence-electron chi connectivity index (χ2n) is 6.28. The van der Waals surface area contributed by atoms with Crippen LogP contribution in [0.1, 0.15) is 21.5 Å². The molecule has 1 fully saturated rings. The third-order valence-electron chi connectivity index (χ3n) is 4.33. The Morgan fingerprint density at radius 1 is 1.18 bits per heavy atom. The number of imide groups is 1. The third-order valence-corrected chi connectivity index (χ3v) is 5.92. The second kappa shape index (κ2) is 7.44. The normalized spacial score (nSPS) is 16.9. The number of halogens is 1. The molecule has 2 aliphatic heterocycles. The second-order valence-corrected chi connectivity index (χ2v) is 8.13. The van der Waals surface area contributed by atoms with Crippen LogP contribution >= 0.6 is 27.7 Å². The smallest absolute Gasteiger partial charge is 0.293 e. The first kappa shape index (κ1) is 18.8. The number of carbonyl (C=O) groups is 3. The van der Waals surface area contributed by atoms with Crippen molar-refractivity contribution in [1.82, 2.24) is 4.90 Å². The molecular weight excluding hydrogens is 446 g/mol. The average Bonchev–Trinajstić information content (AvgIpc) is 3.22. The van der Waals surface area contributed by atoms with E-state index in [4.69, 9.17) is 9.47 Å². The average molecular weight is 460 g/mol. The Kier molecular flexibility index (Phi) is 4.99. The zero-order chi connectivity index (χ0) is 19.8. The van der Waals surface area contributed by atoms with Crippen LogP contribution in [0.4, 0.5) is 4.79 Å². The van der Waals surface area contributed by atoms with Gasteiger partial charge < -0.3 is 9.47 Å². The molecule has 0 unspecified atom stereocenters. The van der Waals surface area contributed by atoms with Gasteiger partial charge in [-0.15, -0.1) is 0 Å². The van der Waals surface area contributed by atoms with E-state index in [0.29, 0.717) is 27.1 Å². The van der Waals surface area contributed by atoms with Gasteiger partial charge in [0.2, 0.25) is 6.79 Å². The number of amides is 2. The van der Waals surface area contributed by atoms with Crippen molar-refractivity contribution in [1.29, 1.82) is 0 Å². The summed E-state index contributed by atoms with van der Waals surface area (Å²) in [5.74, 6) is 0.414. The van der Waals surface area contributed by atoms with Crippen LogP contribution in [0.15, 0.2) is 45.8 Å². The summed E-state index contributed by atoms with van der Waals surface area (Å²) in [6, 6.07) is 10.5. The molecule has 0 aliphatic carbocycles. The van der Waals surface area contributed by atoms with E-state index >= 15 is 0 Å². The first-order valence-corrected chi connectivity index (χ1v) is 9.98. The standard InChI is InChI=1S/C20H14BrNO5S/c1-11-2-4-12(5-3-11)15(23)9-22-19(24)18(28-20(22)25)7-13-6-16-17(8-14(13)21)27-10-26-16/h2-8H,9-10H2,1H3. The van der Waals surface area contributed by atoms with Crippen LogP contribution in [0.25, 0.3) is 6.08 Å². The molecule has 6 nitrogen and oxygen atoms in total. The lowest BCUT2D eigenvalue weighted by Gasteiger charge is -2.11. The molecule has 0 atom stereocenters. The van der Waals surface area contributed by atoms with Crippen molar-refractivity contribution in [2.24, 2.45) is 0 Å². The summed E-state index contributed by atoms with van der Waals surface area (Å²) in [6.07, 6.45) is 1.60. The first-order valence-electron chi connectivity index (χ1n) is 8.37. The molecule has 2 aromatic carbocycles. The summed E-state index contributed by atoms with van der Waals surface area (Å²) in [6.45, 7) is 1.78. The predicted octanol–water partition coefficient (Wildman–Crippen LogP) is 4.41. The van der Waals surface area contributed by atoms with Crippen LogP contribution in [0.5, 0.6) is 11.5 Å². The fourth-order valence-electron chi connectivity index (χ4n) is 2.80. The van der Waals surface area contributed by atoms with Gasteiger partial charge >= 0.3 is 0 Å². The molecular formula is C20H14BrNO5S. The van der Waals surface area contributed by atoms with Crippen LogP contribution in [0.3, 0.4) is 0 Å². The fourth-order valence-corrected chi connectivity index (χ4v) is 4.06. The number of aryl methyl sites for hydroxylation is 1. The number of carbonyl (C=O) groups excluding carboxylic acids is 3. The molecule has 8 heteroatoms. The van der Waals surface area contributed by atoms with Crippen LogP contribution in [-0.4, -0.2) is 35.2 Å². The summed E-state index contributed by atoms with van der Waals surface area (Å²) in [7, 11) is 0. The molecule has 1 saturated heterocycles. The molecule has 2 aromatic rings. The maximum atomic E-state index is 12.7. The number of fused-ring (bicyclic) bond motifs is 1. The highest BCUT2D eigenvalue weighted by Crippen LogP contribution is 2.39. The Balaban J connectivity index is 1.55. The summed E-state index contributed by atoms with van der Waals surface area (Å²) in [4.78, 5) is 38.6. The molecule has 0 aromatic heterocycles. The molecule has 142 valence electrons. The minimum absolute atomic E-state index is 0.142. The lowest BCUT2D eigenvalue weighted by atomic mass is 10.1. The van der Waals surface area contributed by atoms with Crippen molar-refractivity contribution in [3.05, 3.63) is 62.5 Å². The quantitative estimate of drug-likeness (QED) is 0.498. The number of thioether (sulfide) groups is 1. The van der Waals surface area contributed by atoms with Crippen molar-refractivity contribution < 1.29 is 23.9 Å². The molecule has 0 spiro atoms. The monoisotopic (exact) mass is 459 g/mol. The zero-order valence-electron chi connectivity index (χ0n) is 14.7. The molecule has 2 aliphatic rings. The summed E-state index contributed by atoms with van der Waals surface area (Å²) >= 11 is 4.24. The topological polar surface area (TPSA) is 72.9 Å². The number of benzene rings is 2. The van der Waals surface area contributed by atoms with Gasteiger partial charge in [0.05, 0.1) is 11.4 Å². The summed E-state index contributed by atoms with van der Waals surface area (Å²) in [5.41, 5.74) is 2.17. The molecule has 2 amide bonds. The van der Waals surface area contributed by atoms with Crippen LogP contribution in [0, 0.1) is 6.92 Å². The maximum absolute atomic E-state index is 12.7. The molecule has 4 rings (SSSR count). The summed E-state index contributed by atoms with van der Waals surface area (Å²) in [5, 5.41) is -0.464. The van der Waals surface area contributed by atoms with Gasteiger partial charge in [-0.25, -0.2) is 0 Å². The molecule has 0 bridgehead atoms. The van der Waals surface area contributed by atoms with Gasteiger partial charge in [0.15, 0.2) is 17.3 Å². The van der Waals surface area contributed by atoms with Crippen LogP contribution < -0.4 is 9.47 Å². The van der Waals surface area contributed by atoms with Gasteiger partial charge in [0.1, 0.15) is 0 Å². The number of nitrogens with zero attached hydrogens (tertiary/aromatic N) is 1. The molecule has 0 saturated carbocycles. The van der Waals surface area contributed by atoms with E-state index < -0.39 is 11.1 Å². The number of Topliss-reactive ketones (excluding diaryl/α,β-unsaturated/α-hetero) is 1. The number of ketones is 1. The molecule has 0 radical (unpaired) electrons. The van der Waals surface area contributed by atoms with E-state index in [9.17, 15) is 14.4 Å². The fraction of sp³-hybridized carbons (Fsp3) is 0.150. The third kappa shape index (κ3) is 3.57. The lowest BCUT2D eigenvalue weighted by Crippen LogP contribution is -2.33. The molecule has 2 heterocycles. The van der Waals surface area contributed by atoms with E-state index in [1.54, 1.807) is 30.3 Å². The maximum Gasteiger partial charge on any atom is 0.293 e. The van der Waals surface area contributed by atoms with Gasteiger partial charge in [0, 0.05) is 10.0 Å². The minimum atomic E-state index is -0.486. The van der Waals surface area contributed by atoms with Crippen LogP contribution in [0.2, 0.25) is 0 Å². The van der Waals surface area contributed by atoms with E-state index in [-0.39, 0.29) is 24.0 Å². The van der Waals surface area contributed by atoms with E-state index in [1.165, 1.54) is 0 Å². The molecule has 0 N–H and O–H groups in total. The Morgan fingerprint density at radius 3 is 2.57 bits per heavy atom. The van der Waals surface area contributed by atoms with Gasteiger partial charge in [-0.3, -0.25) is 19.3 Å². The highest BCUT2D eigenvalue weighted by molar-refractivity contribution is 9.10.